The maximum atomic E-state index is 8.56. The summed E-state index contributed by atoms with van der Waals surface area (Å²) in [5, 5.41) is 64.9. The van der Waals surface area contributed by atoms with Crippen molar-refractivity contribution < 1.29 is 91.0 Å². The van der Waals surface area contributed by atoms with E-state index in [1.165, 1.54) is 49.0 Å². The van der Waals surface area contributed by atoms with Crippen LogP contribution >= 0.6 is 0 Å². The molecule has 0 saturated heterocycles. The van der Waals surface area contributed by atoms with E-state index < -0.39 is 0 Å². The molecule has 0 bridgehead atoms. The second-order valence-electron chi connectivity index (χ2n) is 25.9. The molecule has 3 radical (unpaired) electrons. The summed E-state index contributed by atoms with van der Waals surface area (Å²) >= 11 is 0. The van der Waals surface area contributed by atoms with Crippen molar-refractivity contribution in [1.82, 2.24) is 29.9 Å². The van der Waals surface area contributed by atoms with Gasteiger partial charge in [-0.05, 0) is 107 Å². The van der Waals surface area contributed by atoms with E-state index in [0.29, 0.717) is 25.2 Å². The van der Waals surface area contributed by atoms with Crippen molar-refractivity contribution in [2.45, 2.75) is 137 Å². The van der Waals surface area contributed by atoms with Gasteiger partial charge in [0.25, 0.3) is 0 Å². The Labute approximate surface area is 638 Å². The summed E-state index contributed by atoms with van der Waals surface area (Å²) in [4.78, 5) is 29.3. The van der Waals surface area contributed by atoms with Gasteiger partial charge in [0.1, 0.15) is 0 Å². The van der Waals surface area contributed by atoms with E-state index in [0.717, 1.165) is 106 Å². The number of benzene rings is 12. The van der Waals surface area contributed by atoms with Crippen LogP contribution in [0, 0.1) is 25.1 Å². The van der Waals surface area contributed by atoms with E-state index in [1.807, 2.05) is 55.0 Å². The van der Waals surface area contributed by atoms with Crippen molar-refractivity contribution >= 4 is 97.7 Å². The van der Waals surface area contributed by atoms with Crippen LogP contribution in [-0.2, 0) is 66.7 Å². The first-order chi connectivity index (χ1) is 47.8. The molecule has 102 heavy (non-hydrogen) atoms. The van der Waals surface area contributed by atoms with Crippen LogP contribution in [0.25, 0.3) is 132 Å². The number of aliphatic hydroxyl groups excluding tert-OH is 6. The first-order valence-electron chi connectivity index (χ1n) is 34.0. The van der Waals surface area contributed by atoms with Gasteiger partial charge in [0, 0.05) is 112 Å². The summed E-state index contributed by atoms with van der Waals surface area (Å²) in [6, 6.07) is 79.2. The van der Waals surface area contributed by atoms with E-state index in [-0.39, 0.29) is 96.9 Å². The van der Waals surface area contributed by atoms with Gasteiger partial charge in [0.15, 0.2) is 0 Å². The average Bonchev–Trinajstić information content (AvgIpc) is 0.759. The fraction of sp³-hybridized carbons (Fsp3) is 0.241. The third-order valence-corrected chi connectivity index (χ3v) is 16.9. The molecule has 12 aromatic carbocycles. The third kappa shape index (κ3) is 20.4. The van der Waals surface area contributed by atoms with Crippen LogP contribution in [0.1, 0.15) is 104 Å². The third-order valence-electron chi connectivity index (χ3n) is 16.9. The molecule has 0 amide bonds. The van der Waals surface area contributed by atoms with Gasteiger partial charge >= 0.3 is 0 Å². The van der Waals surface area contributed by atoms with Crippen molar-refractivity contribution in [1.29, 1.82) is 0 Å². The van der Waals surface area contributed by atoms with Crippen LogP contribution in [0.3, 0.4) is 0 Å². The summed E-state index contributed by atoms with van der Waals surface area (Å²) in [5.41, 5.74) is 15.4. The predicted molar refractivity (Wildman–Crippen MR) is 409 cm³/mol. The quantitative estimate of drug-likeness (QED) is 0.0530. The molecule has 15 rings (SSSR count). The van der Waals surface area contributed by atoms with Gasteiger partial charge < -0.3 is 45.6 Å². The van der Waals surface area contributed by atoms with Crippen LogP contribution in [0.4, 0.5) is 0 Å². The molecule has 12 nitrogen and oxygen atoms in total. The van der Waals surface area contributed by atoms with Gasteiger partial charge in [-0.1, -0.05) is 204 Å². The molecule has 15 aromatic rings. The minimum absolute atomic E-state index is 0. The van der Waals surface area contributed by atoms with Crippen LogP contribution in [0.5, 0.6) is 0 Å². The number of fused-ring (bicyclic) bond motifs is 18. The van der Waals surface area contributed by atoms with Crippen LogP contribution in [-0.4, -0.2) is 97.2 Å². The molecule has 6 N–H and O–H groups in total. The first-order valence-corrected chi connectivity index (χ1v) is 34.0. The summed E-state index contributed by atoms with van der Waals surface area (Å²) in [6.45, 7) is 18.6. The molecule has 6 unspecified atom stereocenters. The first kappa shape index (κ1) is 81.2. The number of nitrogens with zero attached hydrogens (tertiary/aromatic N) is 6. The minimum Gasteiger partial charge on any atom is -0.393 e. The topological polar surface area (TPSA) is 199 Å². The van der Waals surface area contributed by atoms with E-state index in [2.05, 4.69) is 210 Å². The SMILES string of the molecule is CC(C)c1ccc(-c2cnc3c4[c-]cccc4c4ccccc4c3n2)cc1.CC(O)CC(C)O.CC(O)CC(C)O.CC(O)CC(C)O.CCc1ccc(-c2cnc3c4[c-]cccc4c4ccccc4c3n2)cc1.Cc1ccc(-c2cnc3c4[c-]cccc4c4ccccc4c3n2)cc1.[Ir].[Ir].[Ir]. The number of aliphatic hydroxyl groups is 6. The van der Waals surface area contributed by atoms with Crippen molar-refractivity contribution in [2.24, 2.45) is 0 Å². The molecule has 531 valence electrons. The molecule has 0 aliphatic rings. The zero-order valence-corrected chi connectivity index (χ0v) is 66.2. The van der Waals surface area contributed by atoms with Gasteiger partial charge in [-0.3, -0.25) is 15.0 Å². The summed E-state index contributed by atoms with van der Waals surface area (Å²) < 4.78 is 0. The summed E-state index contributed by atoms with van der Waals surface area (Å²) in [6.07, 6.45) is 5.82. The van der Waals surface area contributed by atoms with Crippen molar-refractivity contribution in [3.8, 4) is 33.8 Å². The molecular formula is C87H87Ir3N6O6-3. The van der Waals surface area contributed by atoms with Crippen molar-refractivity contribution in [3.63, 3.8) is 0 Å². The monoisotopic (exact) mass is 1890 g/mol. The molecular weight excluding hydrogens is 1800 g/mol. The van der Waals surface area contributed by atoms with Gasteiger partial charge in [0.2, 0.25) is 0 Å². The van der Waals surface area contributed by atoms with Crippen LogP contribution in [0.15, 0.2) is 219 Å². The van der Waals surface area contributed by atoms with Gasteiger partial charge in [-0.15, -0.1) is 89.0 Å². The molecule has 0 fully saturated rings. The maximum absolute atomic E-state index is 8.56. The number of rotatable bonds is 11. The van der Waals surface area contributed by atoms with Crippen LogP contribution < -0.4 is 0 Å². The molecule has 0 spiro atoms. The Morgan fingerprint density at radius 2 is 0.578 bits per heavy atom. The molecule has 3 aromatic heterocycles. The molecule has 0 saturated carbocycles. The second-order valence-corrected chi connectivity index (χ2v) is 25.9. The van der Waals surface area contributed by atoms with E-state index in [4.69, 9.17) is 60.5 Å². The van der Waals surface area contributed by atoms with Gasteiger partial charge in [-0.2, -0.15) is 0 Å². The zero-order valence-electron chi connectivity index (χ0n) is 59.0. The number of hydrogen-bond donors (Lipinski definition) is 6. The van der Waals surface area contributed by atoms with Crippen LogP contribution in [0.2, 0.25) is 0 Å². The van der Waals surface area contributed by atoms with Crippen molar-refractivity contribution in [2.75, 3.05) is 0 Å². The maximum Gasteiger partial charge on any atom is 0.0873 e. The Hall–Kier alpha value is -8.07. The fourth-order valence-electron chi connectivity index (χ4n) is 12.2. The van der Waals surface area contributed by atoms with Gasteiger partial charge in [-0.25, -0.2) is 0 Å². The normalized spacial score (nSPS) is 12.7. The smallest absolute Gasteiger partial charge is 0.0873 e. The van der Waals surface area contributed by atoms with Gasteiger partial charge in [0.05, 0.1) is 70.3 Å². The Balaban J connectivity index is 0.000000186. The van der Waals surface area contributed by atoms with Crippen molar-refractivity contribution in [3.05, 3.63) is 254 Å². The molecule has 3 heterocycles. The minimum atomic E-state index is -0.375. The predicted octanol–water partition coefficient (Wildman–Crippen LogP) is 18.6. The largest absolute Gasteiger partial charge is 0.393 e. The molecule has 15 heteroatoms. The molecule has 6 atom stereocenters. The summed E-state index contributed by atoms with van der Waals surface area (Å²) in [7, 11) is 0. The number of hydrogen-bond acceptors (Lipinski definition) is 12. The standard InChI is InChI=1S/C25H19N2.C24H17N2.C23H15N2.3C5H12O2.3Ir/c1-16(2)17-11-13-18(14-12-17)23-15-26-24-21-9-5-3-7-19(21)20-8-4-6-10-22(20)25(24)27-23;1-2-16-11-13-17(14-12-16)22-15-25-23-20-9-5-3-7-18(20)19-8-4-6-10-21(19)24(23)26-22;1-15-10-12-16(13-11-15)21-14-24-22-19-8-4-2-6-17(19)18-7-3-5-9-20(18)23(22)25-21;3*1-4(6)3-5(2)7;;;/h3-8,10-16H,1-2H3;3-8,10-15H,2H2,1H3;2-7,9-14H,1H3;3*4-7H,3H2,1-2H3;;;/q3*-1;;;;;;. The Bertz CT molecular complexity index is 5040. The van der Waals surface area contributed by atoms with E-state index >= 15 is 0 Å². The fourth-order valence-corrected chi connectivity index (χ4v) is 12.2. The number of aromatic nitrogens is 6. The molecule has 0 aliphatic carbocycles. The zero-order chi connectivity index (χ0) is 70.3. The Kier molecular flexibility index (Phi) is 30.6. The van der Waals surface area contributed by atoms with E-state index in [1.54, 1.807) is 41.5 Å². The number of aryl methyl sites for hydroxylation is 2. The Morgan fingerprint density at radius 3 is 0.843 bits per heavy atom. The molecule has 0 aliphatic heterocycles. The Morgan fingerprint density at radius 1 is 0.314 bits per heavy atom. The van der Waals surface area contributed by atoms with E-state index in [9.17, 15) is 0 Å². The second kappa shape index (κ2) is 38.4. The summed E-state index contributed by atoms with van der Waals surface area (Å²) in [5.74, 6) is 0.521. The average molecular weight is 1890 g/mol.